The maximum Gasteiger partial charge on any atom is -1.00 e. The van der Waals surface area contributed by atoms with E-state index in [4.69, 9.17) is 0 Å². The van der Waals surface area contributed by atoms with Crippen molar-refractivity contribution in [2.45, 2.75) is 37.7 Å². The van der Waals surface area contributed by atoms with Crippen molar-refractivity contribution in [3.63, 3.8) is 0 Å². The third-order valence-corrected chi connectivity index (χ3v) is 2.78. The maximum absolute atomic E-state index is 3.88. The average molecular weight is 185 g/mol. The molecule has 0 aliphatic carbocycles. The van der Waals surface area contributed by atoms with E-state index in [0.717, 1.165) is 5.92 Å². The molecule has 2 heteroatoms. The van der Waals surface area contributed by atoms with Gasteiger partial charge in [-0.1, -0.05) is 0 Å². The Balaban J connectivity index is 0. The first-order chi connectivity index (χ1) is 4.66. The second kappa shape index (κ2) is 8.89. The molecule has 0 spiro atoms. The van der Waals surface area contributed by atoms with E-state index in [9.17, 15) is 0 Å². The molecule has 0 aromatic rings. The first-order valence-electron chi connectivity index (χ1n) is 4.10. The van der Waals surface area contributed by atoms with Crippen LogP contribution in [0.4, 0.5) is 0 Å². The molecule has 0 fully saturated rings. The molecule has 0 aromatic heterocycles. The zero-order chi connectivity index (χ0) is 7.98. The molecule has 1 unspecified atom stereocenters. The molecule has 0 saturated carbocycles. The summed E-state index contributed by atoms with van der Waals surface area (Å²) in [7, 11) is 0. The third-order valence-electron chi connectivity index (χ3n) is 1.79. The normalized spacial score (nSPS) is 12.0. The zero-order valence-corrected chi connectivity index (χ0v) is 9.87. The summed E-state index contributed by atoms with van der Waals surface area (Å²) in [5, 5.41) is 0. The van der Waals surface area contributed by atoms with Crippen molar-refractivity contribution in [1.82, 2.24) is 0 Å². The molecule has 11 heavy (non-hydrogen) atoms. The van der Waals surface area contributed by atoms with Crippen LogP contribution in [0.2, 0.25) is 4.55 Å². The van der Waals surface area contributed by atoms with Gasteiger partial charge in [-0.2, -0.15) is 0 Å². The van der Waals surface area contributed by atoms with Crippen molar-refractivity contribution in [2.24, 2.45) is 5.92 Å². The second-order valence-corrected chi connectivity index (χ2v) is 3.82. The monoisotopic (exact) mass is 184 g/mol. The van der Waals surface area contributed by atoms with Crippen molar-refractivity contribution in [3.05, 3.63) is 12.2 Å². The molecule has 0 aliphatic heterocycles. The van der Waals surface area contributed by atoms with E-state index in [1.54, 1.807) is 0 Å². The van der Waals surface area contributed by atoms with Gasteiger partial charge in [-0.3, -0.25) is 0 Å². The van der Waals surface area contributed by atoms with E-state index < -0.39 is 0 Å². The molecule has 0 aliphatic rings. The molecule has 0 heterocycles. The second-order valence-electron chi connectivity index (χ2n) is 3.24. The van der Waals surface area contributed by atoms with Gasteiger partial charge < -0.3 is 12.4 Å². The zero-order valence-electron chi connectivity index (χ0n) is 7.70. The van der Waals surface area contributed by atoms with E-state index in [-0.39, 0.29) is 12.4 Å². The number of hydrogen-bond donors (Lipinski definition) is 0. The Morgan fingerprint density at radius 3 is 2.45 bits per heavy atom. The summed E-state index contributed by atoms with van der Waals surface area (Å²) < 4.78 is 1.34. The van der Waals surface area contributed by atoms with Crippen LogP contribution in [0.25, 0.3) is 0 Å². The molecule has 0 N–H and O–H groups in total. The van der Waals surface area contributed by atoms with E-state index in [2.05, 4.69) is 42.1 Å². The van der Waals surface area contributed by atoms with Crippen LogP contribution in [0, 0.1) is 5.92 Å². The van der Waals surface area contributed by atoms with Crippen LogP contribution in [0.15, 0.2) is 12.2 Å². The molecule has 0 amide bonds. The largest absolute Gasteiger partial charge is 1.00 e. The van der Waals surface area contributed by atoms with Crippen molar-refractivity contribution >= 4 is 21.7 Å². The predicted molar refractivity (Wildman–Crippen MR) is 48.4 cm³/mol. The van der Waals surface area contributed by atoms with E-state index in [1.807, 2.05) is 0 Å². The minimum absolute atomic E-state index is 0. The Morgan fingerprint density at radius 1 is 1.55 bits per heavy atom. The van der Waals surface area contributed by atoms with Crippen LogP contribution in [-0.2, 0) is 0 Å². The van der Waals surface area contributed by atoms with Crippen molar-refractivity contribution in [1.29, 1.82) is 0 Å². The van der Waals surface area contributed by atoms with Gasteiger partial charge in [-0.05, 0) is 0 Å². The van der Waals surface area contributed by atoms with Crippen LogP contribution >= 0.6 is 0 Å². The Kier molecular flexibility index (Phi) is 11.6. The Morgan fingerprint density at radius 2 is 2.09 bits per heavy atom. The van der Waals surface area contributed by atoms with E-state index >= 15 is 0 Å². The molecule has 1 atom stereocenters. The van der Waals surface area contributed by atoms with E-state index in [0.29, 0.717) is 0 Å². The summed E-state index contributed by atoms with van der Waals surface area (Å²) in [6.45, 7) is 8.31. The number of rotatable bonds is 5. The molecule has 0 bridgehead atoms. The van der Waals surface area contributed by atoms with Crippen molar-refractivity contribution in [3.8, 4) is 0 Å². The third kappa shape index (κ3) is 10.8. The van der Waals surface area contributed by atoms with Gasteiger partial charge in [-0.25, -0.2) is 0 Å². The SMILES string of the molecule is C=C(C)CCCC(C)[CH2][Mg+].[Cl-]. The van der Waals surface area contributed by atoms with Crippen LogP contribution in [-0.4, -0.2) is 21.7 Å². The molecule has 0 aromatic carbocycles. The van der Waals surface area contributed by atoms with Crippen LogP contribution in [0.3, 0.4) is 0 Å². The van der Waals surface area contributed by atoms with Gasteiger partial charge >= 0.3 is 77.4 Å². The molecule has 62 valence electrons. The number of hydrogen-bond acceptors (Lipinski definition) is 0. The minimum atomic E-state index is 0. The standard InChI is InChI=1S/C9H17.ClH.Mg/c1-8(2)6-5-7-9(3)4;;/h8H,1,3,5-7H2,2,4H3;1H;/q;;+1/p-1. The first kappa shape index (κ1) is 14.3. The van der Waals surface area contributed by atoms with Crippen LogP contribution < -0.4 is 12.4 Å². The van der Waals surface area contributed by atoms with Gasteiger partial charge in [0.25, 0.3) is 0 Å². The van der Waals surface area contributed by atoms with Crippen LogP contribution in [0.5, 0.6) is 0 Å². The van der Waals surface area contributed by atoms with E-state index in [1.165, 1.54) is 29.4 Å². The van der Waals surface area contributed by atoms with Crippen molar-refractivity contribution in [2.75, 3.05) is 0 Å². The molecule has 0 nitrogen and oxygen atoms in total. The smallest absolute Gasteiger partial charge is 1.00 e. The summed E-state index contributed by atoms with van der Waals surface area (Å²) >= 11 is 2.08. The topological polar surface area (TPSA) is 0 Å². The van der Waals surface area contributed by atoms with Crippen molar-refractivity contribution < 1.29 is 12.4 Å². The summed E-state index contributed by atoms with van der Waals surface area (Å²) in [6.07, 6.45) is 3.92. The van der Waals surface area contributed by atoms with Crippen LogP contribution in [0.1, 0.15) is 33.1 Å². The maximum atomic E-state index is 3.88. The van der Waals surface area contributed by atoms with Gasteiger partial charge in [0.05, 0.1) is 0 Å². The quantitative estimate of drug-likeness (QED) is 0.416. The van der Waals surface area contributed by atoms with Gasteiger partial charge in [0, 0.05) is 0 Å². The van der Waals surface area contributed by atoms with Gasteiger partial charge in [0.1, 0.15) is 0 Å². The Bertz CT molecular complexity index is 102. The Labute approximate surface area is 89.7 Å². The fourth-order valence-corrected chi connectivity index (χ4v) is 1.19. The summed E-state index contributed by atoms with van der Waals surface area (Å²) in [5.41, 5.74) is 1.32. The fourth-order valence-electron chi connectivity index (χ4n) is 0.897. The number of allylic oxidation sites excluding steroid dienone is 1. The molecule has 0 radical (unpaired) electrons. The minimum Gasteiger partial charge on any atom is -1.00 e. The average Bonchev–Trinajstić information content (AvgIpc) is 1.87. The van der Waals surface area contributed by atoms with Gasteiger partial charge in [0.2, 0.25) is 0 Å². The molecular formula is C9H17ClMg. The molecule has 0 saturated heterocycles. The Hall–Kier alpha value is 0.796. The van der Waals surface area contributed by atoms with Gasteiger partial charge in [0.15, 0.2) is 0 Å². The fraction of sp³-hybridized carbons (Fsp3) is 0.778. The summed E-state index contributed by atoms with van der Waals surface area (Å²) in [6, 6.07) is 0. The van der Waals surface area contributed by atoms with Gasteiger partial charge in [-0.15, -0.1) is 0 Å². The predicted octanol–water partition coefficient (Wildman–Crippen LogP) is -0.0403. The first-order valence-corrected chi connectivity index (χ1v) is 5.10. The summed E-state index contributed by atoms with van der Waals surface area (Å²) in [5.74, 6) is 0.915. The molecular weight excluding hydrogens is 168 g/mol. The number of halogens is 1. The molecule has 0 rings (SSSR count). The summed E-state index contributed by atoms with van der Waals surface area (Å²) in [4.78, 5) is 0.